The molecule has 1 unspecified atom stereocenters. The van der Waals surface area contributed by atoms with Crippen LogP contribution in [0.5, 0.6) is 0 Å². The number of aryl methyl sites for hydroxylation is 1. The van der Waals surface area contributed by atoms with Crippen molar-refractivity contribution in [3.63, 3.8) is 0 Å². The molecule has 2 N–H and O–H groups in total. The van der Waals surface area contributed by atoms with E-state index in [4.69, 9.17) is 5.11 Å². The quantitative estimate of drug-likeness (QED) is 0.722. The van der Waals surface area contributed by atoms with Crippen molar-refractivity contribution < 1.29 is 9.90 Å². The van der Waals surface area contributed by atoms with Gasteiger partial charge in [0.15, 0.2) is 4.34 Å². The minimum atomic E-state index is -0.817. The zero-order valence-corrected chi connectivity index (χ0v) is 10.9. The lowest BCUT2D eigenvalue weighted by atomic mass is 10.3. The van der Waals surface area contributed by atoms with Crippen LogP contribution in [-0.2, 0) is 4.79 Å². The molecule has 0 fully saturated rings. The van der Waals surface area contributed by atoms with Crippen LogP contribution >= 0.6 is 23.3 Å². The second-order valence-electron chi connectivity index (χ2n) is 3.26. The fourth-order valence-corrected chi connectivity index (χ4v) is 2.74. The molecule has 0 amide bonds. The number of nitrogens with one attached hydrogen (secondary N) is 1. The predicted molar refractivity (Wildman–Crippen MR) is 65.1 cm³/mol. The molecule has 0 saturated carbocycles. The van der Waals surface area contributed by atoms with Crippen molar-refractivity contribution in [2.45, 2.75) is 30.6 Å². The first-order valence-electron chi connectivity index (χ1n) is 5.02. The number of rotatable bonds is 7. The summed E-state index contributed by atoms with van der Waals surface area (Å²) in [6, 6.07) is -0.519. The smallest absolute Gasteiger partial charge is 0.321 e. The number of hydrogen-bond acceptors (Lipinski definition) is 6. The summed E-state index contributed by atoms with van der Waals surface area (Å²) in [7, 11) is 0. The van der Waals surface area contributed by atoms with Crippen molar-refractivity contribution in [3.05, 3.63) is 5.82 Å². The zero-order valence-electron chi connectivity index (χ0n) is 9.27. The summed E-state index contributed by atoms with van der Waals surface area (Å²) in [4.78, 5) is 15.1. The third-order valence-corrected chi connectivity index (χ3v) is 3.84. The molecule has 0 aliphatic carbocycles. The first-order valence-corrected chi connectivity index (χ1v) is 6.78. The Hall–Kier alpha value is -0.660. The summed E-state index contributed by atoms with van der Waals surface area (Å²) in [5.41, 5.74) is 0. The molecule has 5 nitrogen and oxygen atoms in total. The van der Waals surface area contributed by atoms with E-state index < -0.39 is 12.0 Å². The highest BCUT2D eigenvalue weighted by Gasteiger charge is 2.17. The van der Waals surface area contributed by atoms with E-state index in [0.29, 0.717) is 12.3 Å². The standard InChI is InChI=1S/C9H15N3O2S2/c1-3-4-10-7(8(13)14)5-15-9-11-6(2)12-16-9/h7,10H,3-5H2,1-2H3,(H,13,14). The molecular weight excluding hydrogens is 246 g/mol. The molecular formula is C9H15N3O2S2. The highest BCUT2D eigenvalue weighted by molar-refractivity contribution is 8.01. The van der Waals surface area contributed by atoms with Crippen LogP contribution in [0, 0.1) is 6.92 Å². The van der Waals surface area contributed by atoms with E-state index in [9.17, 15) is 4.79 Å². The lowest BCUT2D eigenvalue weighted by Gasteiger charge is -2.11. The summed E-state index contributed by atoms with van der Waals surface area (Å²) >= 11 is 2.74. The van der Waals surface area contributed by atoms with E-state index in [1.807, 2.05) is 13.8 Å². The molecule has 1 rings (SSSR count). The first-order chi connectivity index (χ1) is 7.63. The summed E-state index contributed by atoms with van der Waals surface area (Å²) in [6.45, 7) is 4.55. The molecule has 1 aromatic rings. The van der Waals surface area contributed by atoms with Crippen molar-refractivity contribution in [2.75, 3.05) is 12.3 Å². The minimum Gasteiger partial charge on any atom is -0.480 e. The Morgan fingerprint density at radius 1 is 1.69 bits per heavy atom. The van der Waals surface area contributed by atoms with Gasteiger partial charge in [0.2, 0.25) is 0 Å². The Morgan fingerprint density at radius 3 is 2.94 bits per heavy atom. The van der Waals surface area contributed by atoms with E-state index in [2.05, 4.69) is 14.7 Å². The summed E-state index contributed by atoms with van der Waals surface area (Å²) in [6.07, 6.45) is 0.923. The number of carboxylic acids is 1. The Labute approximate surface area is 103 Å². The summed E-state index contributed by atoms with van der Waals surface area (Å²) < 4.78 is 4.86. The fraction of sp³-hybridized carbons (Fsp3) is 0.667. The zero-order chi connectivity index (χ0) is 12.0. The molecule has 0 bridgehead atoms. The predicted octanol–water partition coefficient (Wildman–Crippen LogP) is 1.39. The van der Waals surface area contributed by atoms with Crippen LogP contribution in [0.15, 0.2) is 4.34 Å². The van der Waals surface area contributed by atoms with Crippen molar-refractivity contribution in [3.8, 4) is 0 Å². The molecule has 0 aromatic carbocycles. The molecule has 1 aromatic heterocycles. The van der Waals surface area contributed by atoms with Crippen LogP contribution < -0.4 is 5.32 Å². The highest BCUT2D eigenvalue weighted by atomic mass is 32.2. The Morgan fingerprint density at radius 2 is 2.44 bits per heavy atom. The molecule has 7 heteroatoms. The molecule has 0 radical (unpaired) electrons. The van der Waals surface area contributed by atoms with E-state index in [0.717, 1.165) is 16.6 Å². The Bertz CT molecular complexity index is 343. The van der Waals surface area contributed by atoms with Gasteiger partial charge >= 0.3 is 5.97 Å². The topological polar surface area (TPSA) is 75.1 Å². The minimum absolute atomic E-state index is 0.476. The number of carboxylic acid groups (broad SMARTS) is 1. The van der Waals surface area contributed by atoms with E-state index in [1.165, 1.54) is 23.3 Å². The van der Waals surface area contributed by atoms with Gasteiger partial charge < -0.3 is 10.4 Å². The first kappa shape index (κ1) is 13.4. The molecule has 1 heterocycles. The van der Waals surface area contributed by atoms with Crippen molar-refractivity contribution >= 4 is 29.3 Å². The van der Waals surface area contributed by atoms with Gasteiger partial charge in [-0.3, -0.25) is 4.79 Å². The average molecular weight is 261 g/mol. The number of carbonyl (C=O) groups is 1. The maximum Gasteiger partial charge on any atom is 0.321 e. The normalized spacial score (nSPS) is 12.6. The van der Waals surface area contributed by atoms with Gasteiger partial charge in [0.05, 0.1) is 0 Å². The number of hydrogen-bond donors (Lipinski definition) is 2. The van der Waals surface area contributed by atoms with Gasteiger partial charge in [0.1, 0.15) is 11.9 Å². The van der Waals surface area contributed by atoms with E-state index in [-0.39, 0.29) is 0 Å². The second kappa shape index (κ2) is 6.82. The Balaban J connectivity index is 2.40. The van der Waals surface area contributed by atoms with Crippen molar-refractivity contribution in [2.24, 2.45) is 0 Å². The largest absolute Gasteiger partial charge is 0.480 e. The maximum absolute atomic E-state index is 10.9. The van der Waals surface area contributed by atoms with Crippen molar-refractivity contribution in [1.29, 1.82) is 0 Å². The number of aromatic nitrogens is 2. The van der Waals surface area contributed by atoms with Crippen molar-refractivity contribution in [1.82, 2.24) is 14.7 Å². The Kier molecular flexibility index (Phi) is 5.72. The van der Waals surface area contributed by atoms with Crippen LogP contribution in [-0.4, -0.2) is 38.8 Å². The number of thioether (sulfide) groups is 1. The van der Waals surface area contributed by atoms with Crippen LogP contribution in [0.1, 0.15) is 19.2 Å². The van der Waals surface area contributed by atoms with Crippen LogP contribution in [0.25, 0.3) is 0 Å². The SMILES string of the molecule is CCCNC(CSc1nc(C)ns1)C(=O)O. The van der Waals surface area contributed by atoms with Gasteiger partial charge in [0.25, 0.3) is 0 Å². The highest BCUT2D eigenvalue weighted by Crippen LogP contribution is 2.20. The number of aliphatic carboxylic acids is 1. The monoisotopic (exact) mass is 261 g/mol. The molecule has 0 aliphatic heterocycles. The molecule has 0 aliphatic rings. The summed E-state index contributed by atoms with van der Waals surface area (Å²) in [5.74, 6) is 0.396. The molecule has 16 heavy (non-hydrogen) atoms. The van der Waals surface area contributed by atoms with E-state index >= 15 is 0 Å². The fourth-order valence-electron chi connectivity index (χ4n) is 1.03. The van der Waals surface area contributed by atoms with Gasteiger partial charge in [-0.2, -0.15) is 4.37 Å². The molecule has 1 atom stereocenters. The van der Waals surface area contributed by atoms with E-state index in [1.54, 1.807) is 0 Å². The lowest BCUT2D eigenvalue weighted by Crippen LogP contribution is -2.39. The molecule has 0 spiro atoms. The van der Waals surface area contributed by atoms with Gasteiger partial charge in [-0.25, -0.2) is 4.98 Å². The average Bonchev–Trinajstić information content (AvgIpc) is 2.64. The van der Waals surface area contributed by atoms with Gasteiger partial charge in [-0.15, -0.1) is 0 Å². The van der Waals surface area contributed by atoms with Crippen LogP contribution in [0.2, 0.25) is 0 Å². The van der Waals surface area contributed by atoms with Gasteiger partial charge in [0, 0.05) is 5.75 Å². The third-order valence-electron chi connectivity index (χ3n) is 1.82. The third kappa shape index (κ3) is 4.46. The number of nitrogens with zero attached hydrogens (tertiary/aromatic N) is 2. The summed E-state index contributed by atoms with van der Waals surface area (Å²) in [5, 5.41) is 12.0. The van der Waals surface area contributed by atoms with Crippen LogP contribution in [0.3, 0.4) is 0 Å². The van der Waals surface area contributed by atoms with Gasteiger partial charge in [-0.1, -0.05) is 18.7 Å². The van der Waals surface area contributed by atoms with Gasteiger partial charge in [-0.05, 0) is 31.4 Å². The van der Waals surface area contributed by atoms with Crippen LogP contribution in [0.4, 0.5) is 0 Å². The molecule has 90 valence electrons. The lowest BCUT2D eigenvalue weighted by molar-refractivity contribution is -0.138. The second-order valence-corrected chi connectivity index (χ2v) is 5.28. The molecule has 0 saturated heterocycles. The maximum atomic E-state index is 10.9.